The number of benzene rings is 2. The van der Waals surface area contributed by atoms with E-state index in [0.29, 0.717) is 10.7 Å². The number of halogens is 3. The number of pyridine rings is 1. The molecule has 0 aliphatic carbocycles. The third-order valence-electron chi connectivity index (χ3n) is 3.33. The molecule has 0 aliphatic heterocycles. The largest absolute Gasteiger partial charge is 0.355 e. The van der Waals surface area contributed by atoms with Crippen molar-refractivity contribution in [3.63, 3.8) is 0 Å². The number of hydrogen-bond donors (Lipinski definition) is 2. The Kier molecular flexibility index (Phi) is 4.90. The summed E-state index contributed by atoms with van der Waals surface area (Å²) in [7, 11) is 0. The lowest BCUT2D eigenvalue weighted by Crippen LogP contribution is -2.16. The van der Waals surface area contributed by atoms with Crippen LogP contribution in [0, 0.1) is 11.6 Å². The number of anilines is 3. The van der Waals surface area contributed by atoms with Crippen LogP contribution in [0.1, 0.15) is 10.5 Å². The van der Waals surface area contributed by atoms with Crippen LogP contribution < -0.4 is 10.6 Å². The van der Waals surface area contributed by atoms with Gasteiger partial charge in [0.15, 0.2) is 0 Å². The summed E-state index contributed by atoms with van der Waals surface area (Å²) >= 11 is 5.83. The Hall–Kier alpha value is -2.99. The van der Waals surface area contributed by atoms with Crippen LogP contribution in [-0.4, -0.2) is 10.9 Å². The van der Waals surface area contributed by atoms with Crippen molar-refractivity contribution >= 4 is 34.6 Å². The molecule has 0 fully saturated rings. The summed E-state index contributed by atoms with van der Waals surface area (Å²) in [4.78, 5) is 16.1. The molecule has 3 rings (SSSR count). The molecule has 1 amide bonds. The van der Waals surface area contributed by atoms with Gasteiger partial charge in [0.1, 0.15) is 23.0 Å². The third kappa shape index (κ3) is 4.10. The summed E-state index contributed by atoms with van der Waals surface area (Å²) in [6.07, 6.45) is 1.42. The summed E-state index contributed by atoms with van der Waals surface area (Å²) in [6, 6.07) is 13.5. The highest BCUT2D eigenvalue weighted by Gasteiger charge is 2.14. The van der Waals surface area contributed by atoms with Crippen molar-refractivity contribution < 1.29 is 13.6 Å². The first-order valence-electron chi connectivity index (χ1n) is 7.27. The van der Waals surface area contributed by atoms with Crippen LogP contribution in [0.15, 0.2) is 60.8 Å². The molecule has 1 heterocycles. The molecule has 7 heteroatoms. The second-order valence-electron chi connectivity index (χ2n) is 5.11. The quantitative estimate of drug-likeness (QED) is 0.688. The lowest BCUT2D eigenvalue weighted by atomic mass is 10.2. The SMILES string of the molecule is O=C(Nc1c(F)cccc1F)c1cc(Nc2ccc(Cl)cc2)ccn1. The van der Waals surface area contributed by atoms with E-state index in [4.69, 9.17) is 11.6 Å². The van der Waals surface area contributed by atoms with E-state index in [-0.39, 0.29) is 5.69 Å². The number of hydrogen-bond acceptors (Lipinski definition) is 3. The van der Waals surface area contributed by atoms with Crippen LogP contribution in [-0.2, 0) is 0 Å². The van der Waals surface area contributed by atoms with Gasteiger partial charge in [0.25, 0.3) is 5.91 Å². The van der Waals surface area contributed by atoms with Gasteiger partial charge in [-0.1, -0.05) is 17.7 Å². The van der Waals surface area contributed by atoms with E-state index >= 15 is 0 Å². The molecule has 4 nitrogen and oxygen atoms in total. The number of rotatable bonds is 4. The molecule has 0 unspecified atom stereocenters. The monoisotopic (exact) mass is 359 g/mol. The minimum Gasteiger partial charge on any atom is -0.355 e. The molecular formula is C18H12ClF2N3O. The smallest absolute Gasteiger partial charge is 0.274 e. The molecule has 0 aliphatic rings. The number of nitrogens with one attached hydrogen (secondary N) is 2. The van der Waals surface area contributed by atoms with E-state index in [1.165, 1.54) is 18.3 Å². The van der Waals surface area contributed by atoms with Gasteiger partial charge in [-0.05, 0) is 48.5 Å². The molecule has 0 saturated heterocycles. The standard InChI is InChI=1S/C18H12ClF2N3O/c19-11-4-6-12(7-5-11)23-13-8-9-22-16(10-13)18(25)24-17-14(20)2-1-3-15(17)21/h1-10H,(H,22,23)(H,24,25). The van der Waals surface area contributed by atoms with Crippen molar-refractivity contribution in [3.8, 4) is 0 Å². The van der Waals surface area contributed by atoms with Crippen molar-refractivity contribution in [2.24, 2.45) is 0 Å². The van der Waals surface area contributed by atoms with E-state index < -0.39 is 23.2 Å². The Bertz CT molecular complexity index is 896. The van der Waals surface area contributed by atoms with E-state index in [2.05, 4.69) is 15.6 Å². The van der Waals surface area contributed by atoms with Crippen LogP contribution in [0.3, 0.4) is 0 Å². The predicted molar refractivity (Wildman–Crippen MR) is 93.3 cm³/mol. The number of para-hydroxylation sites is 1. The Morgan fingerprint density at radius 2 is 1.64 bits per heavy atom. The maximum atomic E-state index is 13.6. The van der Waals surface area contributed by atoms with Crippen molar-refractivity contribution in [3.05, 3.63) is 83.1 Å². The van der Waals surface area contributed by atoms with Gasteiger partial charge in [0.05, 0.1) is 0 Å². The van der Waals surface area contributed by atoms with Gasteiger partial charge in [0.2, 0.25) is 0 Å². The highest BCUT2D eigenvalue weighted by atomic mass is 35.5. The first kappa shape index (κ1) is 16.9. The fourth-order valence-electron chi connectivity index (χ4n) is 2.13. The Morgan fingerprint density at radius 1 is 0.960 bits per heavy atom. The van der Waals surface area contributed by atoms with Crippen molar-refractivity contribution in [1.29, 1.82) is 0 Å². The fourth-order valence-corrected chi connectivity index (χ4v) is 2.25. The lowest BCUT2D eigenvalue weighted by molar-refractivity contribution is 0.102. The molecule has 0 atom stereocenters. The Labute approximate surface area is 147 Å². The predicted octanol–water partition coefficient (Wildman–Crippen LogP) is 5.01. The first-order chi connectivity index (χ1) is 12.0. The zero-order chi connectivity index (χ0) is 17.8. The maximum Gasteiger partial charge on any atom is 0.274 e. The minimum absolute atomic E-state index is 0.0154. The van der Waals surface area contributed by atoms with Crippen molar-refractivity contribution in [2.75, 3.05) is 10.6 Å². The highest BCUT2D eigenvalue weighted by Crippen LogP contribution is 2.21. The summed E-state index contributed by atoms with van der Waals surface area (Å²) in [5.74, 6) is -2.43. The van der Waals surface area contributed by atoms with Gasteiger partial charge in [-0.25, -0.2) is 8.78 Å². The first-order valence-corrected chi connectivity index (χ1v) is 7.65. The van der Waals surface area contributed by atoms with Gasteiger partial charge in [0, 0.05) is 22.6 Å². The van der Waals surface area contributed by atoms with E-state index in [0.717, 1.165) is 17.8 Å². The second-order valence-corrected chi connectivity index (χ2v) is 5.55. The topological polar surface area (TPSA) is 54.0 Å². The fraction of sp³-hybridized carbons (Fsp3) is 0. The molecule has 0 radical (unpaired) electrons. The third-order valence-corrected chi connectivity index (χ3v) is 3.58. The number of amides is 1. The minimum atomic E-state index is -0.858. The van der Waals surface area contributed by atoms with Crippen LogP contribution in [0.5, 0.6) is 0 Å². The van der Waals surface area contributed by atoms with Crippen LogP contribution >= 0.6 is 11.6 Å². The van der Waals surface area contributed by atoms with E-state index in [1.807, 2.05) is 0 Å². The highest BCUT2D eigenvalue weighted by molar-refractivity contribution is 6.30. The summed E-state index contributed by atoms with van der Waals surface area (Å²) in [6.45, 7) is 0. The van der Waals surface area contributed by atoms with E-state index in [1.54, 1.807) is 30.3 Å². The molecular weight excluding hydrogens is 348 g/mol. The Balaban J connectivity index is 1.78. The molecule has 1 aromatic heterocycles. The maximum absolute atomic E-state index is 13.6. The lowest BCUT2D eigenvalue weighted by Gasteiger charge is -2.09. The zero-order valence-corrected chi connectivity index (χ0v) is 13.5. The van der Waals surface area contributed by atoms with Crippen LogP contribution in [0.25, 0.3) is 0 Å². The van der Waals surface area contributed by atoms with Gasteiger partial charge in [-0.2, -0.15) is 0 Å². The van der Waals surface area contributed by atoms with Crippen LogP contribution in [0.4, 0.5) is 25.8 Å². The molecule has 126 valence electrons. The van der Waals surface area contributed by atoms with Gasteiger partial charge >= 0.3 is 0 Å². The van der Waals surface area contributed by atoms with E-state index in [9.17, 15) is 13.6 Å². The zero-order valence-electron chi connectivity index (χ0n) is 12.8. The summed E-state index contributed by atoms with van der Waals surface area (Å²) in [5, 5.41) is 5.89. The molecule has 2 aromatic carbocycles. The average Bonchev–Trinajstić information content (AvgIpc) is 2.60. The summed E-state index contributed by atoms with van der Waals surface area (Å²) in [5.41, 5.74) is 0.866. The molecule has 3 aromatic rings. The van der Waals surface area contributed by atoms with Crippen molar-refractivity contribution in [1.82, 2.24) is 4.98 Å². The number of carbonyl (C=O) groups excluding carboxylic acids is 1. The molecule has 0 spiro atoms. The van der Waals surface area contributed by atoms with Gasteiger partial charge < -0.3 is 10.6 Å². The average molecular weight is 360 g/mol. The van der Waals surface area contributed by atoms with Gasteiger partial charge in [-0.3, -0.25) is 9.78 Å². The van der Waals surface area contributed by atoms with Crippen LogP contribution in [0.2, 0.25) is 5.02 Å². The normalized spacial score (nSPS) is 10.4. The van der Waals surface area contributed by atoms with Gasteiger partial charge in [-0.15, -0.1) is 0 Å². The number of nitrogens with zero attached hydrogens (tertiary/aromatic N) is 1. The molecule has 25 heavy (non-hydrogen) atoms. The molecule has 0 saturated carbocycles. The summed E-state index contributed by atoms with van der Waals surface area (Å²) < 4.78 is 27.3. The second kappa shape index (κ2) is 7.27. The number of aromatic nitrogens is 1. The number of carbonyl (C=O) groups is 1. The molecule has 2 N–H and O–H groups in total. The Morgan fingerprint density at radius 3 is 2.32 bits per heavy atom. The van der Waals surface area contributed by atoms with Crippen molar-refractivity contribution in [2.45, 2.75) is 0 Å². The molecule has 0 bridgehead atoms.